The predicted octanol–water partition coefficient (Wildman–Crippen LogP) is 5.49. The van der Waals surface area contributed by atoms with Gasteiger partial charge in [-0.15, -0.1) is 0 Å². The van der Waals surface area contributed by atoms with Gasteiger partial charge in [-0.2, -0.15) is 0 Å². The third-order valence-corrected chi connectivity index (χ3v) is 10.5. The van der Waals surface area contributed by atoms with Gasteiger partial charge in [0.05, 0.1) is 17.4 Å². The maximum Gasteiger partial charge on any atom is 0.262 e. The summed E-state index contributed by atoms with van der Waals surface area (Å²) in [6, 6.07) is 5.19. The Balaban J connectivity index is 1.43. The fraction of sp³-hybridized carbons (Fsp3) is 0.600. The first-order valence-corrected chi connectivity index (χ1v) is 13.9. The zero-order valence-electron chi connectivity index (χ0n) is 22.6. The highest BCUT2D eigenvalue weighted by atomic mass is 35.5. The zero-order valence-corrected chi connectivity index (χ0v) is 23.3. The second-order valence-corrected chi connectivity index (χ2v) is 13.6. The van der Waals surface area contributed by atoms with Crippen molar-refractivity contribution in [3.05, 3.63) is 46.5 Å². The Hall–Kier alpha value is -2.19. The predicted molar refractivity (Wildman–Crippen MR) is 141 cm³/mol. The Morgan fingerprint density at radius 2 is 1.97 bits per heavy atom. The summed E-state index contributed by atoms with van der Waals surface area (Å²) in [5.74, 6) is -0.509. The van der Waals surface area contributed by atoms with Crippen molar-refractivity contribution < 1.29 is 28.6 Å². The van der Waals surface area contributed by atoms with Crippen molar-refractivity contribution in [2.24, 2.45) is 34.5 Å². The molecule has 2 saturated carbocycles. The molecular weight excluding hydrogens is 506 g/mol. The van der Waals surface area contributed by atoms with Gasteiger partial charge in [0.1, 0.15) is 6.10 Å². The molecule has 5 aliphatic rings. The van der Waals surface area contributed by atoms with Gasteiger partial charge < -0.3 is 23.8 Å². The number of nitrogens with zero attached hydrogens (tertiary/aromatic N) is 1. The van der Waals surface area contributed by atoms with Crippen LogP contribution in [0.4, 0.5) is 0 Å². The minimum atomic E-state index is -1.72. The van der Waals surface area contributed by atoms with Gasteiger partial charge in [0, 0.05) is 10.9 Å². The molecule has 4 aliphatic carbocycles. The van der Waals surface area contributed by atoms with E-state index in [2.05, 4.69) is 32.0 Å². The van der Waals surface area contributed by atoms with Gasteiger partial charge >= 0.3 is 0 Å². The van der Waals surface area contributed by atoms with Crippen LogP contribution in [-0.4, -0.2) is 46.2 Å². The van der Waals surface area contributed by atoms with Crippen LogP contribution in [0.2, 0.25) is 5.02 Å². The van der Waals surface area contributed by atoms with Crippen molar-refractivity contribution in [2.45, 2.75) is 71.6 Å². The summed E-state index contributed by atoms with van der Waals surface area (Å²) in [6.45, 7) is 12.5. The number of fused-ring (bicyclic) bond motifs is 6. The van der Waals surface area contributed by atoms with Crippen molar-refractivity contribution in [2.75, 3.05) is 6.61 Å². The number of hydrogen-bond acceptors (Lipinski definition) is 7. The number of aliphatic hydroxyl groups is 1. The average molecular weight is 540 g/mol. The minimum Gasteiger partial charge on any atom is -0.464 e. The first-order valence-electron chi connectivity index (χ1n) is 13.5. The molecule has 8 atom stereocenters. The lowest BCUT2D eigenvalue weighted by Crippen LogP contribution is -2.68. The van der Waals surface area contributed by atoms with E-state index in [1.54, 1.807) is 18.2 Å². The maximum absolute atomic E-state index is 14.8. The number of ketones is 1. The molecule has 3 fully saturated rings. The fourth-order valence-electron chi connectivity index (χ4n) is 8.39. The third-order valence-electron chi connectivity index (χ3n) is 10.3. The number of rotatable bonds is 2. The smallest absolute Gasteiger partial charge is 0.262 e. The lowest BCUT2D eigenvalue weighted by Gasteiger charge is -2.52. The van der Waals surface area contributed by atoms with Crippen molar-refractivity contribution >= 4 is 28.4 Å². The van der Waals surface area contributed by atoms with E-state index in [4.69, 9.17) is 30.3 Å². The Labute approximate surface area is 227 Å². The van der Waals surface area contributed by atoms with Gasteiger partial charge in [-0.25, -0.2) is 0 Å². The van der Waals surface area contributed by atoms with Crippen molar-refractivity contribution in [1.29, 1.82) is 0 Å². The van der Waals surface area contributed by atoms with Gasteiger partial charge in [-0.05, 0) is 84.9 Å². The van der Waals surface area contributed by atoms with Crippen LogP contribution in [0.15, 0.2) is 46.0 Å². The van der Waals surface area contributed by atoms with Gasteiger partial charge in [-0.1, -0.05) is 44.5 Å². The molecule has 202 valence electrons. The molecule has 2 aromatic rings. The minimum absolute atomic E-state index is 0.0485. The number of benzene rings is 1. The van der Waals surface area contributed by atoms with Gasteiger partial charge in [-0.3, -0.25) is 4.79 Å². The van der Waals surface area contributed by atoms with E-state index in [0.717, 1.165) is 17.6 Å². The van der Waals surface area contributed by atoms with Crippen molar-refractivity contribution in [3.8, 4) is 5.88 Å². The van der Waals surface area contributed by atoms with Gasteiger partial charge in [0.2, 0.25) is 0 Å². The van der Waals surface area contributed by atoms with E-state index >= 15 is 0 Å². The molecule has 7 nitrogen and oxygen atoms in total. The summed E-state index contributed by atoms with van der Waals surface area (Å²) >= 11 is 6.27. The number of hydrogen-bond donors (Lipinski definition) is 1. The molecule has 1 aromatic heterocycles. The van der Waals surface area contributed by atoms with E-state index in [0.29, 0.717) is 21.9 Å². The first kappa shape index (κ1) is 24.8. The van der Waals surface area contributed by atoms with E-state index < -0.39 is 29.0 Å². The number of aromatic nitrogens is 1. The summed E-state index contributed by atoms with van der Waals surface area (Å²) in [5.41, 5.74) is -0.755. The van der Waals surface area contributed by atoms with Crippen LogP contribution in [-0.2, 0) is 14.3 Å². The van der Waals surface area contributed by atoms with Crippen molar-refractivity contribution in [1.82, 2.24) is 5.16 Å². The van der Waals surface area contributed by atoms with Crippen molar-refractivity contribution in [3.63, 3.8) is 0 Å². The largest absolute Gasteiger partial charge is 0.464 e. The summed E-state index contributed by atoms with van der Waals surface area (Å²) in [5, 5.41) is 18.5. The summed E-state index contributed by atoms with van der Waals surface area (Å²) in [6.07, 6.45) is 3.17. The number of allylic oxidation sites excluding steroid dienone is 1. The molecule has 7 unspecified atom stereocenters. The van der Waals surface area contributed by atoms with Crippen LogP contribution in [0.25, 0.3) is 11.0 Å². The second-order valence-electron chi connectivity index (χ2n) is 13.1. The number of ether oxygens (including phenoxy) is 3. The van der Waals surface area contributed by atoms with Gasteiger partial charge in [0.25, 0.3) is 5.88 Å². The van der Waals surface area contributed by atoms with E-state index in [9.17, 15) is 9.90 Å². The highest BCUT2D eigenvalue weighted by Gasteiger charge is 2.77. The zero-order chi connectivity index (χ0) is 27.0. The van der Waals surface area contributed by atoms with E-state index in [-0.39, 0.29) is 41.4 Å². The average Bonchev–Trinajstić information content (AvgIpc) is 3.12. The summed E-state index contributed by atoms with van der Waals surface area (Å²) < 4.78 is 24.7. The molecule has 2 bridgehead atoms. The van der Waals surface area contributed by atoms with Crippen LogP contribution in [0.1, 0.15) is 48.0 Å². The molecule has 7 rings (SSSR count). The second kappa shape index (κ2) is 7.51. The third kappa shape index (κ3) is 2.96. The molecule has 8 heteroatoms. The molecule has 0 amide bonds. The molecular formula is C30H34ClNO6. The molecule has 1 N–H and O–H groups in total. The normalized spacial score (nSPS) is 42.3. The van der Waals surface area contributed by atoms with Crippen LogP contribution < -0.4 is 4.74 Å². The van der Waals surface area contributed by atoms with Crippen LogP contribution in [0.3, 0.4) is 0 Å². The summed E-state index contributed by atoms with van der Waals surface area (Å²) in [7, 11) is 0. The standard InChI is InChI=1S/C30H34ClNO6/c1-14-12-29-15(2)9-20-22(27(20,3)4)19(23(29)33)10-16-13-35-28(5,6)37-25(16)30(29,34)24(14)36-26-18-11-17(31)7-8-21(18)38-32-26/h7-8,10-12,15,19-20,22,24-25,34H,9,13H2,1-6H3/t15-,19?,20?,22?,24?,25?,29?,30?/m1/s1. The highest BCUT2D eigenvalue weighted by Crippen LogP contribution is 2.72. The fourth-order valence-corrected chi connectivity index (χ4v) is 8.56. The molecule has 2 heterocycles. The Morgan fingerprint density at radius 3 is 2.74 bits per heavy atom. The SMILES string of the molecule is CC1=CC23C(=O)C(C=C4COC(C)(C)OC4C2(O)C1Oc1noc2ccc(Cl)cc12)C1C(C[C@H]3C)C1(C)C. The topological polar surface area (TPSA) is 91.0 Å². The molecule has 1 aliphatic heterocycles. The van der Waals surface area contributed by atoms with Gasteiger partial charge in [0.15, 0.2) is 28.9 Å². The lowest BCUT2D eigenvalue weighted by atomic mass is 9.59. The first-order chi connectivity index (χ1) is 17.8. The number of Topliss-reactive ketones (excluding diaryl/α,β-unsaturated/α-hetero) is 1. The number of carbonyl (C=O) groups excluding carboxylic acids is 1. The Kier molecular flexibility index (Phi) is 4.90. The Bertz CT molecular complexity index is 1440. The molecule has 1 saturated heterocycles. The Morgan fingerprint density at radius 1 is 1.21 bits per heavy atom. The molecule has 0 radical (unpaired) electrons. The number of halogens is 1. The van der Waals surface area contributed by atoms with Crippen LogP contribution in [0.5, 0.6) is 5.88 Å². The van der Waals surface area contributed by atoms with Crippen LogP contribution >= 0.6 is 11.6 Å². The summed E-state index contributed by atoms with van der Waals surface area (Å²) in [4.78, 5) is 14.8. The molecule has 38 heavy (non-hydrogen) atoms. The van der Waals surface area contributed by atoms with E-state index in [1.807, 2.05) is 26.8 Å². The monoisotopic (exact) mass is 539 g/mol. The molecule has 1 aromatic carbocycles. The molecule has 1 spiro atoms. The van der Waals surface area contributed by atoms with Crippen LogP contribution in [0, 0.1) is 34.5 Å². The number of carbonyl (C=O) groups is 1. The quantitative estimate of drug-likeness (QED) is 0.504. The highest BCUT2D eigenvalue weighted by molar-refractivity contribution is 6.31. The van der Waals surface area contributed by atoms with E-state index in [1.165, 1.54) is 0 Å². The maximum atomic E-state index is 14.8. The lowest BCUT2D eigenvalue weighted by molar-refractivity contribution is -0.301.